The molecule has 3 aliphatic heterocycles. The highest BCUT2D eigenvalue weighted by Crippen LogP contribution is 2.36. The number of hydrogen-bond donors (Lipinski definition) is 0. The molecule has 2 atom stereocenters. The molecule has 4 heterocycles. The Balaban J connectivity index is 1.13. The third-order valence-electron chi connectivity index (χ3n) is 9.15. The van der Waals surface area contributed by atoms with Crippen molar-refractivity contribution in [1.29, 1.82) is 0 Å². The fourth-order valence-corrected chi connectivity index (χ4v) is 7.01. The molecular formula is C27H43N5O. The van der Waals surface area contributed by atoms with Gasteiger partial charge in [0.05, 0.1) is 0 Å². The molecule has 6 heteroatoms. The zero-order valence-corrected chi connectivity index (χ0v) is 21.0. The standard InChI is InChI=1S/C27H43N5O/c1-4-26(33)21-5-7-23(8-6-21)30-13-11-20(12-14-30)22-15-28-27(29-16-22)32-24-9-10-25(32)18-31(17-24)19(2)3/h15-16,19-21,23-25H,4-14,17-18H2,1-3H3/t21-,23+,24?,25?. The van der Waals surface area contributed by atoms with Crippen LogP contribution < -0.4 is 4.90 Å². The number of Topliss-reactive ketones (excluding diaryl/α,β-unsaturated/α-hetero) is 1. The molecule has 6 nitrogen and oxygen atoms in total. The lowest BCUT2D eigenvalue weighted by Gasteiger charge is -2.43. The van der Waals surface area contributed by atoms with Crippen molar-refractivity contribution in [3.05, 3.63) is 18.0 Å². The van der Waals surface area contributed by atoms with Crippen LogP contribution in [0.3, 0.4) is 0 Å². The van der Waals surface area contributed by atoms with Crippen LogP contribution >= 0.6 is 0 Å². The molecule has 1 aliphatic carbocycles. The smallest absolute Gasteiger partial charge is 0.225 e. The molecule has 2 unspecified atom stereocenters. The number of nitrogens with zero attached hydrogens (tertiary/aromatic N) is 5. The molecule has 4 aliphatic rings. The number of likely N-dealkylation sites (tertiary alicyclic amines) is 2. The van der Waals surface area contributed by atoms with Crippen LogP contribution in [-0.4, -0.2) is 75.9 Å². The van der Waals surface area contributed by atoms with Gasteiger partial charge in [0.1, 0.15) is 5.78 Å². The summed E-state index contributed by atoms with van der Waals surface area (Å²) >= 11 is 0. The number of anilines is 1. The summed E-state index contributed by atoms with van der Waals surface area (Å²) in [4.78, 5) is 29.6. The Bertz CT molecular complexity index is 781. The third-order valence-corrected chi connectivity index (χ3v) is 9.15. The summed E-state index contributed by atoms with van der Waals surface area (Å²) in [5.41, 5.74) is 1.32. The van der Waals surface area contributed by atoms with Gasteiger partial charge in [-0.1, -0.05) is 6.92 Å². The molecule has 1 aromatic heterocycles. The second-order valence-electron chi connectivity index (χ2n) is 11.3. The quantitative estimate of drug-likeness (QED) is 0.642. The average molecular weight is 454 g/mol. The van der Waals surface area contributed by atoms with Gasteiger partial charge < -0.3 is 9.80 Å². The maximum absolute atomic E-state index is 12.0. The number of aromatic nitrogens is 2. The number of fused-ring (bicyclic) bond motifs is 2. The molecule has 33 heavy (non-hydrogen) atoms. The lowest BCUT2D eigenvalue weighted by molar-refractivity contribution is -0.123. The molecule has 0 amide bonds. The van der Waals surface area contributed by atoms with Gasteiger partial charge in [-0.05, 0) is 89.8 Å². The predicted molar refractivity (Wildman–Crippen MR) is 133 cm³/mol. The number of carbonyl (C=O) groups excluding carboxylic acids is 1. The maximum Gasteiger partial charge on any atom is 0.225 e. The van der Waals surface area contributed by atoms with Crippen molar-refractivity contribution in [3.8, 4) is 0 Å². The fourth-order valence-electron chi connectivity index (χ4n) is 7.01. The highest BCUT2D eigenvalue weighted by atomic mass is 16.1. The number of piperidine rings is 1. The second-order valence-corrected chi connectivity index (χ2v) is 11.3. The number of hydrogen-bond acceptors (Lipinski definition) is 6. The van der Waals surface area contributed by atoms with E-state index in [4.69, 9.17) is 9.97 Å². The first-order valence-electron chi connectivity index (χ1n) is 13.6. The van der Waals surface area contributed by atoms with Crippen molar-refractivity contribution in [2.45, 2.75) is 109 Å². The van der Waals surface area contributed by atoms with Crippen LogP contribution in [0, 0.1) is 5.92 Å². The van der Waals surface area contributed by atoms with Crippen LogP contribution in [0.25, 0.3) is 0 Å². The topological polar surface area (TPSA) is 52.6 Å². The van der Waals surface area contributed by atoms with Gasteiger partial charge in [-0.2, -0.15) is 0 Å². The van der Waals surface area contributed by atoms with E-state index in [2.05, 4.69) is 40.9 Å². The summed E-state index contributed by atoms with van der Waals surface area (Å²) in [6, 6.07) is 2.45. The summed E-state index contributed by atoms with van der Waals surface area (Å²) < 4.78 is 0. The average Bonchev–Trinajstić information content (AvgIpc) is 3.12. The van der Waals surface area contributed by atoms with Crippen molar-refractivity contribution in [2.24, 2.45) is 5.92 Å². The molecule has 182 valence electrons. The molecule has 0 radical (unpaired) electrons. The lowest BCUT2D eigenvalue weighted by Crippen LogP contribution is -2.56. The van der Waals surface area contributed by atoms with Gasteiger partial charge in [0, 0.05) is 62.0 Å². The summed E-state index contributed by atoms with van der Waals surface area (Å²) in [5, 5.41) is 0. The highest BCUT2D eigenvalue weighted by Gasteiger charge is 2.41. The molecule has 1 aromatic rings. The van der Waals surface area contributed by atoms with Crippen molar-refractivity contribution < 1.29 is 4.79 Å². The Morgan fingerprint density at radius 3 is 2.03 bits per heavy atom. The number of ketones is 1. The Morgan fingerprint density at radius 2 is 1.48 bits per heavy atom. The van der Waals surface area contributed by atoms with Crippen LogP contribution in [0.1, 0.15) is 90.0 Å². The Morgan fingerprint density at radius 1 is 0.909 bits per heavy atom. The van der Waals surface area contributed by atoms with E-state index in [-0.39, 0.29) is 0 Å². The molecule has 2 bridgehead atoms. The van der Waals surface area contributed by atoms with Crippen molar-refractivity contribution in [2.75, 3.05) is 31.1 Å². The van der Waals surface area contributed by atoms with E-state index in [0.717, 1.165) is 31.9 Å². The zero-order chi connectivity index (χ0) is 22.9. The van der Waals surface area contributed by atoms with Crippen LogP contribution in [0.4, 0.5) is 5.95 Å². The monoisotopic (exact) mass is 453 g/mol. The zero-order valence-electron chi connectivity index (χ0n) is 21.0. The van der Waals surface area contributed by atoms with Gasteiger partial charge in [-0.15, -0.1) is 0 Å². The minimum Gasteiger partial charge on any atom is -0.332 e. The van der Waals surface area contributed by atoms with E-state index in [1.165, 1.54) is 57.2 Å². The van der Waals surface area contributed by atoms with E-state index >= 15 is 0 Å². The molecule has 0 N–H and O–H groups in total. The largest absolute Gasteiger partial charge is 0.332 e. The van der Waals surface area contributed by atoms with Crippen molar-refractivity contribution >= 4 is 11.7 Å². The van der Waals surface area contributed by atoms with Gasteiger partial charge in [-0.3, -0.25) is 9.69 Å². The van der Waals surface area contributed by atoms with E-state index in [1.54, 1.807) is 0 Å². The lowest BCUT2D eigenvalue weighted by atomic mass is 9.81. The molecule has 0 spiro atoms. The Kier molecular flexibility index (Phi) is 7.03. The molecule has 3 saturated heterocycles. The van der Waals surface area contributed by atoms with Gasteiger partial charge in [0.25, 0.3) is 0 Å². The molecule has 4 fully saturated rings. The minimum atomic E-state index is 0.336. The summed E-state index contributed by atoms with van der Waals surface area (Å²) in [5.74, 6) is 2.35. The normalized spacial score (nSPS) is 31.9. The van der Waals surface area contributed by atoms with Crippen LogP contribution in [0.5, 0.6) is 0 Å². The molecule has 0 aromatic carbocycles. The number of rotatable bonds is 6. The van der Waals surface area contributed by atoms with Gasteiger partial charge >= 0.3 is 0 Å². The van der Waals surface area contributed by atoms with Crippen molar-refractivity contribution in [3.63, 3.8) is 0 Å². The number of carbonyl (C=O) groups is 1. The summed E-state index contributed by atoms with van der Waals surface area (Å²) in [7, 11) is 0. The van der Waals surface area contributed by atoms with Crippen LogP contribution in [0.2, 0.25) is 0 Å². The molecule has 5 rings (SSSR count). The maximum atomic E-state index is 12.0. The molecule has 1 saturated carbocycles. The SMILES string of the molecule is CCC(=O)[C@H]1CC[C@@H](N2CCC(c3cnc(N4C5CCC4CN(C(C)C)C5)nc3)CC2)CC1. The summed E-state index contributed by atoms with van der Waals surface area (Å²) in [6.45, 7) is 11.3. The predicted octanol–water partition coefficient (Wildman–Crippen LogP) is 4.26. The van der Waals surface area contributed by atoms with Gasteiger partial charge in [0.15, 0.2) is 0 Å². The molecular weight excluding hydrogens is 410 g/mol. The van der Waals surface area contributed by atoms with E-state index in [0.29, 0.717) is 48.2 Å². The van der Waals surface area contributed by atoms with Crippen LogP contribution in [0.15, 0.2) is 12.4 Å². The first kappa shape index (κ1) is 23.2. The van der Waals surface area contributed by atoms with E-state index in [1.807, 2.05) is 6.92 Å². The number of piperazine rings is 1. The second kappa shape index (κ2) is 9.99. The van der Waals surface area contributed by atoms with Crippen molar-refractivity contribution in [1.82, 2.24) is 19.8 Å². The van der Waals surface area contributed by atoms with Gasteiger partial charge in [0.2, 0.25) is 5.95 Å². The van der Waals surface area contributed by atoms with E-state index < -0.39 is 0 Å². The van der Waals surface area contributed by atoms with Gasteiger partial charge in [-0.25, -0.2) is 9.97 Å². The summed E-state index contributed by atoms with van der Waals surface area (Å²) in [6.07, 6.45) is 14.5. The third kappa shape index (κ3) is 4.84. The highest BCUT2D eigenvalue weighted by molar-refractivity contribution is 5.80. The fraction of sp³-hybridized carbons (Fsp3) is 0.815. The van der Waals surface area contributed by atoms with Crippen LogP contribution in [-0.2, 0) is 4.79 Å². The Labute approximate surface area is 200 Å². The first-order valence-corrected chi connectivity index (χ1v) is 13.6. The minimum absolute atomic E-state index is 0.336. The first-order chi connectivity index (χ1) is 16.0. The van der Waals surface area contributed by atoms with E-state index in [9.17, 15) is 4.79 Å². The Hall–Kier alpha value is -1.53.